The number of imide groups is 1. The highest BCUT2D eigenvalue weighted by atomic mass is 35.5. The van der Waals surface area contributed by atoms with Gasteiger partial charge in [0.1, 0.15) is 6.54 Å². The Morgan fingerprint density at radius 2 is 2.11 bits per heavy atom. The van der Waals surface area contributed by atoms with E-state index in [0.717, 1.165) is 17.8 Å². The molecule has 7 heteroatoms. The summed E-state index contributed by atoms with van der Waals surface area (Å²) in [6.45, 7) is 4.99. The zero-order chi connectivity index (χ0) is 13.3. The van der Waals surface area contributed by atoms with Gasteiger partial charge in [-0.3, -0.25) is 14.8 Å². The third kappa shape index (κ3) is 2.20. The van der Waals surface area contributed by atoms with Crippen molar-refractivity contribution < 1.29 is 9.59 Å². The van der Waals surface area contributed by atoms with E-state index < -0.39 is 0 Å². The Balaban J connectivity index is 2.25. The first-order valence-electron chi connectivity index (χ1n) is 5.89. The fraction of sp³-hybridized carbons (Fsp3) is 0.545. The molecule has 0 atom stereocenters. The minimum Gasteiger partial charge on any atom is -0.309 e. The highest BCUT2D eigenvalue weighted by Crippen LogP contribution is 2.23. The van der Waals surface area contributed by atoms with Gasteiger partial charge in [0.25, 0.3) is 0 Å². The lowest BCUT2D eigenvalue weighted by Crippen LogP contribution is -2.28. The molecule has 0 bridgehead atoms. The summed E-state index contributed by atoms with van der Waals surface area (Å²) >= 11 is 6.24. The molecule has 0 spiro atoms. The number of urea groups is 1. The average molecular weight is 271 g/mol. The van der Waals surface area contributed by atoms with Gasteiger partial charge < -0.3 is 4.90 Å². The number of carbonyl (C=O) groups excluding carboxylic acids is 2. The SMILES string of the molecule is CCc1nn(CC)c(CN2CC(=O)NC2=O)c1Cl. The van der Waals surface area contributed by atoms with Gasteiger partial charge in [-0.05, 0) is 13.3 Å². The van der Waals surface area contributed by atoms with Crippen molar-refractivity contribution in [3.63, 3.8) is 0 Å². The van der Waals surface area contributed by atoms with Crippen molar-refractivity contribution in [1.29, 1.82) is 0 Å². The molecule has 18 heavy (non-hydrogen) atoms. The molecule has 1 aliphatic heterocycles. The Hall–Kier alpha value is -1.56. The van der Waals surface area contributed by atoms with E-state index in [1.165, 1.54) is 4.90 Å². The molecule has 98 valence electrons. The van der Waals surface area contributed by atoms with Crippen molar-refractivity contribution in [2.45, 2.75) is 33.4 Å². The van der Waals surface area contributed by atoms with E-state index in [9.17, 15) is 9.59 Å². The second-order valence-corrected chi connectivity index (χ2v) is 4.46. The zero-order valence-electron chi connectivity index (χ0n) is 10.4. The quantitative estimate of drug-likeness (QED) is 0.835. The molecule has 1 aromatic rings. The largest absolute Gasteiger partial charge is 0.324 e. The van der Waals surface area contributed by atoms with Crippen molar-refractivity contribution in [2.75, 3.05) is 6.54 Å². The second-order valence-electron chi connectivity index (χ2n) is 4.09. The van der Waals surface area contributed by atoms with E-state index in [0.29, 0.717) is 18.1 Å². The van der Waals surface area contributed by atoms with Gasteiger partial charge >= 0.3 is 6.03 Å². The van der Waals surface area contributed by atoms with Gasteiger partial charge in [0.05, 0.1) is 23.0 Å². The molecular formula is C11H15ClN4O2. The highest BCUT2D eigenvalue weighted by Gasteiger charge is 2.28. The Morgan fingerprint density at radius 1 is 1.39 bits per heavy atom. The molecule has 1 aliphatic rings. The summed E-state index contributed by atoms with van der Waals surface area (Å²) in [7, 11) is 0. The predicted octanol–water partition coefficient (Wildman–Crippen LogP) is 1.17. The summed E-state index contributed by atoms with van der Waals surface area (Å²) in [6, 6.07) is -0.377. The number of rotatable bonds is 4. The first-order chi connectivity index (χ1) is 8.56. The van der Waals surface area contributed by atoms with Gasteiger partial charge in [-0.2, -0.15) is 5.10 Å². The molecule has 1 saturated heterocycles. The Kier molecular flexibility index (Phi) is 3.56. The summed E-state index contributed by atoms with van der Waals surface area (Å²) in [5.74, 6) is -0.283. The average Bonchev–Trinajstić information content (AvgIpc) is 2.81. The topological polar surface area (TPSA) is 67.2 Å². The number of amides is 3. The van der Waals surface area contributed by atoms with E-state index in [2.05, 4.69) is 10.4 Å². The molecule has 0 radical (unpaired) electrons. The van der Waals surface area contributed by atoms with Gasteiger partial charge in [0, 0.05) is 6.54 Å². The number of hydrogen-bond donors (Lipinski definition) is 1. The summed E-state index contributed by atoms with van der Waals surface area (Å²) in [4.78, 5) is 24.1. The van der Waals surface area contributed by atoms with Crippen LogP contribution in [0.5, 0.6) is 0 Å². The monoisotopic (exact) mass is 270 g/mol. The smallest absolute Gasteiger partial charge is 0.309 e. The van der Waals surface area contributed by atoms with Crippen LogP contribution in [0.15, 0.2) is 0 Å². The van der Waals surface area contributed by atoms with E-state index in [1.807, 2.05) is 13.8 Å². The molecule has 1 fully saturated rings. The van der Waals surface area contributed by atoms with E-state index in [1.54, 1.807) is 4.68 Å². The van der Waals surface area contributed by atoms with Crippen molar-refractivity contribution in [2.24, 2.45) is 0 Å². The zero-order valence-corrected chi connectivity index (χ0v) is 11.1. The number of aryl methyl sites for hydroxylation is 2. The van der Waals surface area contributed by atoms with Crippen molar-refractivity contribution in [3.8, 4) is 0 Å². The first-order valence-corrected chi connectivity index (χ1v) is 6.27. The first kappa shape index (κ1) is 12.9. The molecule has 0 aromatic carbocycles. The van der Waals surface area contributed by atoms with Gasteiger partial charge in [-0.25, -0.2) is 4.79 Å². The third-order valence-electron chi connectivity index (χ3n) is 2.90. The van der Waals surface area contributed by atoms with Gasteiger partial charge in [-0.15, -0.1) is 0 Å². The third-order valence-corrected chi connectivity index (χ3v) is 3.34. The number of hydrogen-bond acceptors (Lipinski definition) is 3. The standard InChI is InChI=1S/C11H15ClN4O2/c1-3-7-10(12)8(16(4-2)14-7)5-15-6-9(17)13-11(15)18/h3-6H2,1-2H3,(H,13,17,18). The van der Waals surface area contributed by atoms with Crippen molar-refractivity contribution in [1.82, 2.24) is 20.0 Å². The molecule has 0 unspecified atom stereocenters. The van der Waals surface area contributed by atoms with Crippen molar-refractivity contribution >= 4 is 23.5 Å². The number of aromatic nitrogens is 2. The highest BCUT2D eigenvalue weighted by molar-refractivity contribution is 6.31. The molecular weight excluding hydrogens is 256 g/mol. The van der Waals surface area contributed by atoms with Crippen LogP contribution in [-0.2, 0) is 24.3 Å². The fourth-order valence-corrected chi connectivity index (χ4v) is 2.29. The minimum absolute atomic E-state index is 0.0749. The maximum absolute atomic E-state index is 11.5. The number of nitrogens with one attached hydrogen (secondary N) is 1. The summed E-state index contributed by atoms with van der Waals surface area (Å²) in [5.41, 5.74) is 1.60. The number of nitrogens with zero attached hydrogens (tertiary/aromatic N) is 3. The molecule has 2 rings (SSSR count). The van der Waals surface area contributed by atoms with Crippen LogP contribution in [0.1, 0.15) is 25.2 Å². The lowest BCUT2D eigenvalue weighted by atomic mass is 10.3. The molecule has 3 amide bonds. The van der Waals surface area contributed by atoms with E-state index in [4.69, 9.17) is 11.6 Å². The van der Waals surface area contributed by atoms with Gasteiger partial charge in [0.2, 0.25) is 5.91 Å². The van der Waals surface area contributed by atoms with Crippen LogP contribution in [-0.4, -0.2) is 33.2 Å². The molecule has 1 aromatic heterocycles. The fourth-order valence-electron chi connectivity index (χ4n) is 1.96. The number of carbonyl (C=O) groups is 2. The predicted molar refractivity (Wildman–Crippen MR) is 66.2 cm³/mol. The lowest BCUT2D eigenvalue weighted by molar-refractivity contribution is -0.118. The Bertz CT molecular complexity index is 497. The van der Waals surface area contributed by atoms with E-state index >= 15 is 0 Å². The van der Waals surface area contributed by atoms with Crippen LogP contribution in [0.4, 0.5) is 4.79 Å². The Morgan fingerprint density at radius 3 is 2.61 bits per heavy atom. The summed E-state index contributed by atoms with van der Waals surface area (Å²) in [6.07, 6.45) is 0.740. The van der Waals surface area contributed by atoms with Crippen LogP contribution in [0.25, 0.3) is 0 Å². The minimum atomic E-state index is -0.377. The van der Waals surface area contributed by atoms with Crippen molar-refractivity contribution in [3.05, 3.63) is 16.4 Å². The van der Waals surface area contributed by atoms with E-state index in [-0.39, 0.29) is 18.5 Å². The molecule has 0 aliphatic carbocycles. The lowest BCUT2D eigenvalue weighted by Gasteiger charge is -2.14. The maximum Gasteiger partial charge on any atom is 0.324 e. The van der Waals surface area contributed by atoms with Crippen LogP contribution in [0, 0.1) is 0 Å². The van der Waals surface area contributed by atoms with Gasteiger partial charge in [-0.1, -0.05) is 18.5 Å². The molecule has 2 heterocycles. The van der Waals surface area contributed by atoms with Crippen LogP contribution in [0.3, 0.4) is 0 Å². The molecule has 0 saturated carbocycles. The summed E-state index contributed by atoms with van der Waals surface area (Å²) < 4.78 is 1.78. The second kappa shape index (κ2) is 4.97. The maximum atomic E-state index is 11.5. The molecule has 1 N–H and O–H groups in total. The van der Waals surface area contributed by atoms with Crippen LogP contribution < -0.4 is 5.32 Å². The van der Waals surface area contributed by atoms with Crippen LogP contribution >= 0.6 is 11.6 Å². The Labute approximate surface area is 110 Å². The molecule has 6 nitrogen and oxygen atoms in total. The number of halogens is 1. The van der Waals surface area contributed by atoms with Gasteiger partial charge in [0.15, 0.2) is 0 Å². The van der Waals surface area contributed by atoms with Crippen LogP contribution in [0.2, 0.25) is 5.02 Å². The summed E-state index contributed by atoms with van der Waals surface area (Å²) in [5, 5.41) is 7.20. The normalized spacial score (nSPS) is 15.4.